The van der Waals surface area contributed by atoms with Crippen LogP contribution in [0.15, 0.2) is 60.5 Å². The lowest BCUT2D eigenvalue weighted by atomic mass is 10.1. The second-order valence-corrected chi connectivity index (χ2v) is 5.12. The standard InChI is InChI=1S/C18H15NO4/c20-14-5-4-8-16(11-14)23-18(21)13-9-10-17(19-12-13)22-15-6-2-1-3-7-15/h1-3,6-7,9-12H,4-5,8H2. The number of carbonyl (C=O) groups is 2. The summed E-state index contributed by atoms with van der Waals surface area (Å²) in [7, 11) is 0. The summed E-state index contributed by atoms with van der Waals surface area (Å²) < 4.78 is 10.8. The van der Waals surface area contributed by atoms with Crippen LogP contribution in [0.3, 0.4) is 0 Å². The van der Waals surface area contributed by atoms with Crippen molar-refractivity contribution >= 4 is 11.8 Å². The quantitative estimate of drug-likeness (QED) is 0.806. The third-order valence-electron chi connectivity index (χ3n) is 3.33. The van der Waals surface area contributed by atoms with Crippen molar-refractivity contribution in [2.24, 2.45) is 0 Å². The molecular formula is C18H15NO4. The number of rotatable bonds is 4. The molecule has 0 spiro atoms. The Morgan fingerprint density at radius 3 is 2.57 bits per heavy atom. The van der Waals surface area contributed by atoms with Gasteiger partial charge in [-0.3, -0.25) is 4.79 Å². The second-order valence-electron chi connectivity index (χ2n) is 5.12. The molecule has 5 heteroatoms. The number of ketones is 1. The Hall–Kier alpha value is -2.95. The summed E-state index contributed by atoms with van der Waals surface area (Å²) in [6.45, 7) is 0. The van der Waals surface area contributed by atoms with Crippen molar-refractivity contribution in [1.82, 2.24) is 4.98 Å². The van der Waals surface area contributed by atoms with Crippen molar-refractivity contribution < 1.29 is 19.1 Å². The van der Waals surface area contributed by atoms with Crippen molar-refractivity contribution in [3.63, 3.8) is 0 Å². The van der Waals surface area contributed by atoms with Crippen LogP contribution in [0.1, 0.15) is 29.6 Å². The molecule has 116 valence electrons. The molecule has 0 fully saturated rings. The van der Waals surface area contributed by atoms with Crippen molar-refractivity contribution in [3.8, 4) is 11.6 Å². The minimum atomic E-state index is -0.523. The molecular weight excluding hydrogens is 294 g/mol. The van der Waals surface area contributed by atoms with Crippen LogP contribution in [0.5, 0.6) is 11.6 Å². The van der Waals surface area contributed by atoms with Gasteiger partial charge in [-0.15, -0.1) is 0 Å². The minimum Gasteiger partial charge on any atom is -0.439 e. The summed E-state index contributed by atoms with van der Waals surface area (Å²) in [6.07, 6.45) is 4.60. The highest BCUT2D eigenvalue weighted by atomic mass is 16.5. The average Bonchev–Trinajstić information content (AvgIpc) is 2.56. The van der Waals surface area contributed by atoms with Gasteiger partial charge in [-0.25, -0.2) is 9.78 Å². The van der Waals surface area contributed by atoms with Crippen LogP contribution < -0.4 is 4.74 Å². The van der Waals surface area contributed by atoms with E-state index in [1.54, 1.807) is 12.1 Å². The summed E-state index contributed by atoms with van der Waals surface area (Å²) in [4.78, 5) is 27.4. The van der Waals surface area contributed by atoms with Crippen LogP contribution in [0.4, 0.5) is 0 Å². The zero-order valence-electron chi connectivity index (χ0n) is 12.4. The van der Waals surface area contributed by atoms with Gasteiger partial charge < -0.3 is 9.47 Å². The average molecular weight is 309 g/mol. The first-order valence-corrected chi connectivity index (χ1v) is 7.35. The van der Waals surface area contributed by atoms with Gasteiger partial charge in [-0.05, 0) is 24.6 Å². The van der Waals surface area contributed by atoms with E-state index in [0.29, 0.717) is 42.2 Å². The van der Waals surface area contributed by atoms with Gasteiger partial charge in [0.2, 0.25) is 5.88 Å². The number of benzene rings is 1. The SMILES string of the molecule is O=C1C=C(OC(=O)c2ccc(Oc3ccccc3)nc2)CCC1. The number of esters is 1. The lowest BCUT2D eigenvalue weighted by Gasteiger charge is -2.12. The molecule has 1 heterocycles. The Labute approximate surface area is 133 Å². The van der Waals surface area contributed by atoms with E-state index in [9.17, 15) is 9.59 Å². The highest BCUT2D eigenvalue weighted by Gasteiger charge is 2.16. The van der Waals surface area contributed by atoms with Crippen molar-refractivity contribution in [1.29, 1.82) is 0 Å². The molecule has 5 nitrogen and oxygen atoms in total. The summed E-state index contributed by atoms with van der Waals surface area (Å²) in [5, 5.41) is 0. The minimum absolute atomic E-state index is 0.0104. The summed E-state index contributed by atoms with van der Waals surface area (Å²) in [5.41, 5.74) is 0.310. The van der Waals surface area contributed by atoms with Gasteiger partial charge in [0.05, 0.1) is 5.56 Å². The van der Waals surface area contributed by atoms with E-state index >= 15 is 0 Å². The van der Waals surface area contributed by atoms with Crippen LogP contribution in [-0.2, 0) is 9.53 Å². The number of hydrogen-bond acceptors (Lipinski definition) is 5. The Balaban J connectivity index is 1.64. The topological polar surface area (TPSA) is 65.5 Å². The van der Waals surface area contributed by atoms with Gasteiger partial charge in [0.25, 0.3) is 0 Å². The van der Waals surface area contributed by atoms with Crippen molar-refractivity contribution in [3.05, 3.63) is 66.1 Å². The van der Waals surface area contributed by atoms with Crippen LogP contribution in [0, 0.1) is 0 Å². The molecule has 23 heavy (non-hydrogen) atoms. The molecule has 1 aliphatic carbocycles. The van der Waals surface area contributed by atoms with Crippen LogP contribution in [-0.4, -0.2) is 16.7 Å². The van der Waals surface area contributed by atoms with E-state index in [1.807, 2.05) is 30.3 Å². The molecule has 0 atom stereocenters. The molecule has 0 bridgehead atoms. The maximum atomic E-state index is 12.0. The number of nitrogens with zero attached hydrogens (tertiary/aromatic N) is 1. The first kappa shape index (κ1) is 15.0. The number of allylic oxidation sites excluding steroid dienone is 2. The lowest BCUT2D eigenvalue weighted by molar-refractivity contribution is -0.115. The molecule has 0 saturated carbocycles. The zero-order chi connectivity index (χ0) is 16.1. The third-order valence-corrected chi connectivity index (χ3v) is 3.33. The van der Waals surface area contributed by atoms with Crippen molar-refractivity contribution in [2.75, 3.05) is 0 Å². The smallest absolute Gasteiger partial charge is 0.344 e. The van der Waals surface area contributed by atoms with Gasteiger partial charge in [0.1, 0.15) is 11.5 Å². The highest BCUT2D eigenvalue weighted by Crippen LogP contribution is 2.20. The van der Waals surface area contributed by atoms with E-state index < -0.39 is 5.97 Å². The Morgan fingerprint density at radius 2 is 1.87 bits per heavy atom. The van der Waals surface area contributed by atoms with Crippen molar-refractivity contribution in [2.45, 2.75) is 19.3 Å². The number of ether oxygens (including phenoxy) is 2. The molecule has 1 aromatic carbocycles. The second kappa shape index (κ2) is 6.87. The monoisotopic (exact) mass is 309 g/mol. The number of carbonyl (C=O) groups excluding carboxylic acids is 2. The molecule has 0 radical (unpaired) electrons. The molecule has 0 aliphatic heterocycles. The fourth-order valence-corrected chi connectivity index (χ4v) is 2.19. The summed E-state index contributed by atoms with van der Waals surface area (Å²) >= 11 is 0. The fourth-order valence-electron chi connectivity index (χ4n) is 2.19. The van der Waals surface area contributed by atoms with E-state index in [1.165, 1.54) is 12.3 Å². The summed E-state index contributed by atoms with van der Waals surface area (Å²) in [6, 6.07) is 12.4. The van der Waals surface area contributed by atoms with Gasteiger partial charge in [-0.2, -0.15) is 0 Å². The van der Waals surface area contributed by atoms with Gasteiger partial charge in [0.15, 0.2) is 5.78 Å². The predicted molar refractivity (Wildman–Crippen MR) is 83.1 cm³/mol. The lowest BCUT2D eigenvalue weighted by Crippen LogP contribution is -2.10. The molecule has 1 aromatic heterocycles. The first-order valence-electron chi connectivity index (χ1n) is 7.35. The van der Waals surface area contributed by atoms with E-state index in [4.69, 9.17) is 9.47 Å². The van der Waals surface area contributed by atoms with E-state index in [0.717, 1.165) is 0 Å². The van der Waals surface area contributed by atoms with Gasteiger partial charge >= 0.3 is 5.97 Å². The Kier molecular flexibility index (Phi) is 4.47. The van der Waals surface area contributed by atoms with E-state index in [-0.39, 0.29) is 5.78 Å². The molecule has 0 saturated heterocycles. The predicted octanol–water partition coefficient (Wildman–Crippen LogP) is 3.67. The molecule has 0 unspecified atom stereocenters. The van der Waals surface area contributed by atoms with Crippen LogP contribution in [0.25, 0.3) is 0 Å². The number of pyridine rings is 1. The van der Waals surface area contributed by atoms with Crippen LogP contribution >= 0.6 is 0 Å². The molecule has 2 aromatic rings. The molecule has 0 N–H and O–H groups in total. The molecule has 1 aliphatic rings. The maximum absolute atomic E-state index is 12.0. The highest BCUT2D eigenvalue weighted by molar-refractivity contribution is 5.93. The Bertz CT molecular complexity index is 735. The molecule has 0 amide bonds. The zero-order valence-corrected chi connectivity index (χ0v) is 12.4. The Morgan fingerprint density at radius 1 is 1.04 bits per heavy atom. The number of aromatic nitrogens is 1. The normalized spacial score (nSPS) is 14.1. The first-order chi connectivity index (χ1) is 11.2. The molecule has 3 rings (SSSR count). The summed E-state index contributed by atoms with van der Waals surface area (Å²) in [5.74, 6) is 0.936. The maximum Gasteiger partial charge on any atom is 0.344 e. The number of para-hydroxylation sites is 1. The van der Waals surface area contributed by atoms with Gasteiger partial charge in [0, 0.05) is 31.2 Å². The van der Waals surface area contributed by atoms with Crippen LogP contribution in [0.2, 0.25) is 0 Å². The third kappa shape index (κ3) is 4.03. The number of hydrogen-bond donors (Lipinski definition) is 0. The van der Waals surface area contributed by atoms with E-state index in [2.05, 4.69) is 4.98 Å². The fraction of sp³-hybridized carbons (Fsp3) is 0.167. The van der Waals surface area contributed by atoms with Gasteiger partial charge in [-0.1, -0.05) is 18.2 Å². The largest absolute Gasteiger partial charge is 0.439 e.